The van der Waals surface area contributed by atoms with Crippen LogP contribution < -0.4 is 5.32 Å². The zero-order chi connectivity index (χ0) is 12.3. The van der Waals surface area contributed by atoms with Gasteiger partial charge in [-0.15, -0.1) is 0 Å². The van der Waals surface area contributed by atoms with E-state index in [0.717, 1.165) is 24.3 Å². The van der Waals surface area contributed by atoms with Gasteiger partial charge in [-0.05, 0) is 12.8 Å². The van der Waals surface area contributed by atoms with Crippen molar-refractivity contribution in [3.63, 3.8) is 0 Å². The number of hydrogen-bond donors (Lipinski definition) is 1. The quantitative estimate of drug-likeness (QED) is 0.668. The zero-order valence-corrected chi connectivity index (χ0v) is 9.61. The molecule has 17 heavy (non-hydrogen) atoms. The van der Waals surface area contributed by atoms with Crippen LogP contribution in [0.3, 0.4) is 0 Å². The van der Waals surface area contributed by atoms with Crippen LogP contribution in [0.1, 0.15) is 25.7 Å². The zero-order valence-electron chi connectivity index (χ0n) is 9.61. The van der Waals surface area contributed by atoms with E-state index in [2.05, 4.69) is 5.32 Å². The summed E-state index contributed by atoms with van der Waals surface area (Å²) in [5.74, 6) is -0.825. The molecule has 0 aromatic carbocycles. The van der Waals surface area contributed by atoms with E-state index < -0.39 is 0 Å². The van der Waals surface area contributed by atoms with E-state index in [4.69, 9.17) is 4.74 Å². The number of imide groups is 1. The van der Waals surface area contributed by atoms with Gasteiger partial charge in [0.2, 0.25) is 17.7 Å². The fourth-order valence-electron chi connectivity index (χ4n) is 2.03. The van der Waals surface area contributed by atoms with Crippen molar-refractivity contribution in [1.82, 2.24) is 10.2 Å². The third-order valence-electron chi connectivity index (χ3n) is 3.01. The molecule has 2 heterocycles. The van der Waals surface area contributed by atoms with Gasteiger partial charge in [0, 0.05) is 26.0 Å². The lowest BCUT2D eigenvalue weighted by Gasteiger charge is -2.15. The Labute approximate surface area is 99.3 Å². The van der Waals surface area contributed by atoms with Crippen LogP contribution in [-0.2, 0) is 19.1 Å². The normalized spacial score (nSPS) is 24.5. The summed E-state index contributed by atoms with van der Waals surface area (Å²) in [6, 6.07) is 0. The number of likely N-dealkylation sites (tertiary alicyclic amines) is 1. The Balaban J connectivity index is 1.73. The first-order valence-electron chi connectivity index (χ1n) is 5.88. The molecule has 0 aliphatic carbocycles. The number of hydrogen-bond acceptors (Lipinski definition) is 4. The predicted octanol–water partition coefficient (Wildman–Crippen LogP) is -0.569. The Morgan fingerprint density at radius 1 is 1.35 bits per heavy atom. The molecule has 2 saturated heterocycles. The fourth-order valence-corrected chi connectivity index (χ4v) is 2.03. The van der Waals surface area contributed by atoms with E-state index in [1.165, 1.54) is 0 Å². The van der Waals surface area contributed by atoms with E-state index >= 15 is 0 Å². The first kappa shape index (κ1) is 12.0. The maximum Gasteiger partial charge on any atom is 0.240 e. The van der Waals surface area contributed by atoms with E-state index in [0.29, 0.717) is 6.54 Å². The van der Waals surface area contributed by atoms with E-state index in [-0.39, 0.29) is 43.2 Å². The van der Waals surface area contributed by atoms with Gasteiger partial charge in [0.15, 0.2) is 0 Å². The van der Waals surface area contributed by atoms with E-state index in [1.807, 2.05) is 0 Å². The molecule has 2 rings (SSSR count). The second kappa shape index (κ2) is 5.27. The number of carbonyl (C=O) groups excluding carboxylic acids is 3. The highest BCUT2D eigenvalue weighted by atomic mass is 16.5. The molecular weight excluding hydrogens is 224 g/mol. The summed E-state index contributed by atoms with van der Waals surface area (Å²) < 4.78 is 5.35. The molecule has 3 amide bonds. The number of nitrogens with zero attached hydrogens (tertiary/aromatic N) is 1. The molecular formula is C11H16N2O4. The minimum absolute atomic E-state index is 0.0731. The second-order valence-corrected chi connectivity index (χ2v) is 4.31. The van der Waals surface area contributed by atoms with Crippen LogP contribution in [0.4, 0.5) is 0 Å². The Kier molecular flexibility index (Phi) is 3.73. The third-order valence-corrected chi connectivity index (χ3v) is 3.01. The number of carbonyl (C=O) groups is 3. The molecule has 6 nitrogen and oxygen atoms in total. The van der Waals surface area contributed by atoms with Crippen LogP contribution in [-0.4, -0.2) is 48.4 Å². The summed E-state index contributed by atoms with van der Waals surface area (Å²) in [4.78, 5) is 35.1. The van der Waals surface area contributed by atoms with Crippen molar-refractivity contribution in [2.24, 2.45) is 0 Å². The van der Waals surface area contributed by atoms with Gasteiger partial charge in [0.05, 0.1) is 6.10 Å². The molecule has 94 valence electrons. The van der Waals surface area contributed by atoms with Crippen molar-refractivity contribution in [2.75, 3.05) is 19.7 Å². The van der Waals surface area contributed by atoms with Crippen LogP contribution in [0.15, 0.2) is 0 Å². The van der Waals surface area contributed by atoms with Gasteiger partial charge in [-0.1, -0.05) is 0 Å². The largest absolute Gasteiger partial charge is 0.376 e. The first-order valence-corrected chi connectivity index (χ1v) is 5.88. The van der Waals surface area contributed by atoms with Gasteiger partial charge < -0.3 is 10.1 Å². The highest BCUT2D eigenvalue weighted by molar-refractivity contribution is 6.04. The molecule has 6 heteroatoms. The summed E-state index contributed by atoms with van der Waals surface area (Å²) in [6.45, 7) is 1.03. The van der Waals surface area contributed by atoms with E-state index in [1.54, 1.807) is 0 Å². The molecule has 1 atom stereocenters. The van der Waals surface area contributed by atoms with Crippen LogP contribution in [0.2, 0.25) is 0 Å². The van der Waals surface area contributed by atoms with Crippen molar-refractivity contribution in [2.45, 2.75) is 31.8 Å². The lowest BCUT2D eigenvalue weighted by Crippen LogP contribution is -2.42. The predicted molar refractivity (Wildman–Crippen MR) is 57.9 cm³/mol. The Bertz CT molecular complexity index is 320. The smallest absolute Gasteiger partial charge is 0.240 e. The summed E-state index contributed by atoms with van der Waals surface area (Å²) >= 11 is 0. The monoisotopic (exact) mass is 240 g/mol. The van der Waals surface area contributed by atoms with Crippen molar-refractivity contribution in [3.8, 4) is 0 Å². The van der Waals surface area contributed by atoms with Crippen LogP contribution in [0, 0.1) is 0 Å². The highest BCUT2D eigenvalue weighted by Gasteiger charge is 2.30. The highest BCUT2D eigenvalue weighted by Crippen LogP contribution is 2.12. The molecule has 0 aromatic rings. The lowest BCUT2D eigenvalue weighted by atomic mass is 10.2. The Morgan fingerprint density at radius 2 is 2.06 bits per heavy atom. The van der Waals surface area contributed by atoms with Crippen molar-refractivity contribution < 1.29 is 19.1 Å². The minimum Gasteiger partial charge on any atom is -0.376 e. The molecule has 2 fully saturated rings. The van der Waals surface area contributed by atoms with Crippen molar-refractivity contribution >= 4 is 17.7 Å². The maximum absolute atomic E-state index is 11.5. The first-order chi connectivity index (χ1) is 8.16. The summed E-state index contributed by atoms with van der Waals surface area (Å²) in [6.07, 6.45) is 2.48. The van der Waals surface area contributed by atoms with Crippen molar-refractivity contribution in [1.29, 1.82) is 0 Å². The summed E-state index contributed by atoms with van der Waals surface area (Å²) in [5, 5.41) is 2.68. The molecule has 1 unspecified atom stereocenters. The van der Waals surface area contributed by atoms with Gasteiger partial charge in [-0.2, -0.15) is 0 Å². The molecule has 2 aliphatic rings. The number of nitrogens with one attached hydrogen (secondary N) is 1. The van der Waals surface area contributed by atoms with Gasteiger partial charge in [0.25, 0.3) is 0 Å². The third kappa shape index (κ3) is 3.03. The molecule has 0 radical (unpaired) electrons. The molecule has 1 N–H and O–H groups in total. The SMILES string of the molecule is O=C(CN1C(=O)CCC1=O)NCC1CCCO1. The van der Waals surface area contributed by atoms with Crippen molar-refractivity contribution in [3.05, 3.63) is 0 Å². The van der Waals surface area contributed by atoms with E-state index in [9.17, 15) is 14.4 Å². The average molecular weight is 240 g/mol. The lowest BCUT2D eigenvalue weighted by molar-refractivity contribution is -0.142. The number of amides is 3. The standard InChI is InChI=1S/C11H16N2O4/c14-9(12-6-8-2-1-5-17-8)7-13-10(15)3-4-11(13)16/h8H,1-7H2,(H,12,14). The maximum atomic E-state index is 11.5. The molecule has 0 spiro atoms. The average Bonchev–Trinajstić information content (AvgIpc) is 2.91. The molecule has 0 bridgehead atoms. The topological polar surface area (TPSA) is 75.7 Å². The van der Waals surface area contributed by atoms with Gasteiger partial charge in [-0.25, -0.2) is 0 Å². The fraction of sp³-hybridized carbons (Fsp3) is 0.727. The van der Waals surface area contributed by atoms with Crippen LogP contribution >= 0.6 is 0 Å². The Hall–Kier alpha value is -1.43. The van der Waals surface area contributed by atoms with Gasteiger partial charge in [0.1, 0.15) is 6.54 Å². The van der Waals surface area contributed by atoms with Gasteiger partial charge in [-0.3, -0.25) is 19.3 Å². The molecule has 0 aromatic heterocycles. The molecule has 2 aliphatic heterocycles. The summed E-state index contributed by atoms with van der Waals surface area (Å²) in [5.41, 5.74) is 0. The minimum atomic E-state index is -0.302. The number of rotatable bonds is 4. The van der Waals surface area contributed by atoms with Crippen LogP contribution in [0.5, 0.6) is 0 Å². The molecule has 0 saturated carbocycles. The summed E-state index contributed by atoms with van der Waals surface area (Å²) in [7, 11) is 0. The Morgan fingerprint density at radius 3 is 2.65 bits per heavy atom. The number of ether oxygens (including phenoxy) is 1. The van der Waals surface area contributed by atoms with Gasteiger partial charge >= 0.3 is 0 Å². The van der Waals surface area contributed by atoms with Crippen LogP contribution in [0.25, 0.3) is 0 Å². The second-order valence-electron chi connectivity index (χ2n) is 4.31.